The SMILES string of the molecule is COc1ccccc1NC(=O)Nc1ccc(S(=O)(=O)Nc2nc(C)cc(C)n2)cc1. The molecular weight excluding hydrogens is 406 g/mol. The van der Waals surface area contributed by atoms with Gasteiger partial charge < -0.3 is 15.4 Å². The monoisotopic (exact) mass is 427 g/mol. The van der Waals surface area contributed by atoms with Crippen LogP contribution in [0.2, 0.25) is 0 Å². The van der Waals surface area contributed by atoms with Crippen LogP contribution in [0.3, 0.4) is 0 Å². The number of carbonyl (C=O) groups is 1. The fraction of sp³-hybridized carbons (Fsp3) is 0.150. The smallest absolute Gasteiger partial charge is 0.323 e. The highest BCUT2D eigenvalue weighted by atomic mass is 32.2. The molecule has 0 fully saturated rings. The molecule has 0 bridgehead atoms. The van der Waals surface area contributed by atoms with Gasteiger partial charge in [0.1, 0.15) is 5.75 Å². The minimum atomic E-state index is -3.87. The molecule has 0 unspecified atom stereocenters. The van der Waals surface area contributed by atoms with Crippen molar-refractivity contribution in [3.8, 4) is 5.75 Å². The number of methoxy groups -OCH3 is 1. The molecule has 0 aliphatic carbocycles. The predicted octanol–water partition coefficient (Wildman–Crippen LogP) is 3.55. The van der Waals surface area contributed by atoms with Gasteiger partial charge in [0.25, 0.3) is 10.0 Å². The van der Waals surface area contributed by atoms with Crippen LogP contribution in [-0.4, -0.2) is 31.5 Å². The van der Waals surface area contributed by atoms with Gasteiger partial charge in [0.15, 0.2) is 0 Å². The summed E-state index contributed by atoms with van der Waals surface area (Å²) in [6.45, 7) is 3.51. The molecule has 2 amide bonds. The topological polar surface area (TPSA) is 122 Å². The first-order valence-corrected chi connectivity index (χ1v) is 10.4. The Kier molecular flexibility index (Phi) is 6.17. The second-order valence-corrected chi connectivity index (χ2v) is 8.07. The quantitative estimate of drug-likeness (QED) is 0.553. The minimum absolute atomic E-state index is 0.00545. The van der Waals surface area contributed by atoms with Crippen LogP contribution in [0.1, 0.15) is 11.4 Å². The Balaban J connectivity index is 1.68. The van der Waals surface area contributed by atoms with Gasteiger partial charge in [-0.15, -0.1) is 0 Å². The highest BCUT2D eigenvalue weighted by Gasteiger charge is 2.16. The number of carbonyl (C=O) groups excluding carboxylic acids is 1. The first-order chi connectivity index (χ1) is 14.3. The van der Waals surface area contributed by atoms with Crippen LogP contribution < -0.4 is 20.1 Å². The number of benzene rings is 2. The number of aromatic nitrogens is 2. The van der Waals surface area contributed by atoms with Crippen molar-refractivity contribution in [2.24, 2.45) is 0 Å². The van der Waals surface area contributed by atoms with E-state index < -0.39 is 16.1 Å². The molecule has 3 N–H and O–H groups in total. The summed E-state index contributed by atoms with van der Waals surface area (Å²) in [5, 5.41) is 5.32. The zero-order valence-electron chi connectivity index (χ0n) is 16.6. The Morgan fingerprint density at radius 2 is 1.57 bits per heavy atom. The largest absolute Gasteiger partial charge is 0.495 e. The lowest BCUT2D eigenvalue weighted by atomic mass is 10.3. The molecular formula is C20H21N5O4S. The molecule has 10 heteroatoms. The van der Waals surface area contributed by atoms with Crippen LogP contribution in [0.15, 0.2) is 59.5 Å². The first-order valence-electron chi connectivity index (χ1n) is 8.93. The first kappa shape index (κ1) is 21.1. The lowest BCUT2D eigenvalue weighted by Gasteiger charge is -2.11. The van der Waals surface area contributed by atoms with E-state index in [-0.39, 0.29) is 10.8 Å². The normalized spacial score (nSPS) is 10.9. The van der Waals surface area contributed by atoms with Crippen molar-refractivity contribution in [3.63, 3.8) is 0 Å². The van der Waals surface area contributed by atoms with Crippen molar-refractivity contribution < 1.29 is 17.9 Å². The fourth-order valence-electron chi connectivity index (χ4n) is 2.70. The molecule has 3 rings (SSSR count). The van der Waals surface area contributed by atoms with Crippen LogP contribution in [0.25, 0.3) is 0 Å². The van der Waals surface area contributed by atoms with Crippen molar-refractivity contribution in [2.75, 3.05) is 22.5 Å². The molecule has 1 aromatic heterocycles. The zero-order valence-corrected chi connectivity index (χ0v) is 17.4. The maximum atomic E-state index is 12.6. The summed E-state index contributed by atoms with van der Waals surface area (Å²) in [4.78, 5) is 20.4. The number of sulfonamides is 1. The molecule has 30 heavy (non-hydrogen) atoms. The van der Waals surface area contributed by atoms with Crippen molar-refractivity contribution in [3.05, 3.63) is 66.0 Å². The molecule has 0 aliphatic rings. The number of ether oxygens (including phenoxy) is 1. The van der Waals surface area contributed by atoms with Gasteiger partial charge in [-0.1, -0.05) is 12.1 Å². The lowest BCUT2D eigenvalue weighted by Crippen LogP contribution is -2.20. The molecule has 0 spiro atoms. The van der Waals surface area contributed by atoms with E-state index in [1.54, 1.807) is 44.2 Å². The number of hydrogen-bond donors (Lipinski definition) is 3. The number of rotatable bonds is 6. The number of anilines is 3. The molecule has 1 heterocycles. The number of nitrogens with zero attached hydrogens (tertiary/aromatic N) is 2. The van der Waals surface area contributed by atoms with Crippen LogP contribution >= 0.6 is 0 Å². The molecule has 3 aromatic rings. The maximum absolute atomic E-state index is 12.6. The number of nitrogens with one attached hydrogen (secondary N) is 3. The molecule has 0 saturated carbocycles. The van der Waals surface area contributed by atoms with Gasteiger partial charge in [0.05, 0.1) is 17.7 Å². The maximum Gasteiger partial charge on any atom is 0.323 e. The van der Waals surface area contributed by atoms with E-state index in [9.17, 15) is 13.2 Å². The Bertz CT molecular complexity index is 1140. The van der Waals surface area contributed by atoms with Gasteiger partial charge in [0, 0.05) is 17.1 Å². The Hall–Kier alpha value is -3.66. The molecule has 0 atom stereocenters. The van der Waals surface area contributed by atoms with Crippen LogP contribution in [0.5, 0.6) is 5.75 Å². The number of urea groups is 1. The summed E-state index contributed by atoms with van der Waals surface area (Å²) in [6.07, 6.45) is 0. The molecule has 2 aromatic carbocycles. The van der Waals surface area contributed by atoms with Crippen molar-refractivity contribution in [1.29, 1.82) is 0 Å². The third-order valence-electron chi connectivity index (χ3n) is 3.99. The molecule has 0 aliphatic heterocycles. The summed E-state index contributed by atoms with van der Waals surface area (Å²) in [7, 11) is -2.36. The van der Waals surface area contributed by atoms with Crippen molar-refractivity contribution in [1.82, 2.24) is 9.97 Å². The molecule has 0 saturated heterocycles. The average Bonchev–Trinajstić information content (AvgIpc) is 2.67. The van der Waals surface area contributed by atoms with Crippen LogP contribution in [0.4, 0.5) is 22.1 Å². The molecule has 9 nitrogen and oxygen atoms in total. The minimum Gasteiger partial charge on any atom is -0.495 e. The average molecular weight is 427 g/mol. The third kappa shape index (κ3) is 5.23. The number of para-hydroxylation sites is 2. The highest BCUT2D eigenvalue weighted by Crippen LogP contribution is 2.23. The third-order valence-corrected chi connectivity index (χ3v) is 5.33. The van der Waals surface area contributed by atoms with Gasteiger partial charge in [0.2, 0.25) is 5.95 Å². The highest BCUT2D eigenvalue weighted by molar-refractivity contribution is 7.92. The van der Waals surface area contributed by atoms with E-state index in [1.807, 2.05) is 0 Å². The molecule has 0 radical (unpaired) electrons. The van der Waals surface area contributed by atoms with E-state index in [4.69, 9.17) is 4.74 Å². The van der Waals surface area contributed by atoms with Gasteiger partial charge in [-0.2, -0.15) is 0 Å². The predicted molar refractivity (Wildman–Crippen MR) is 114 cm³/mol. The van der Waals surface area contributed by atoms with Crippen molar-refractivity contribution in [2.45, 2.75) is 18.7 Å². The van der Waals surface area contributed by atoms with E-state index in [2.05, 4.69) is 25.3 Å². The van der Waals surface area contributed by atoms with E-state index in [0.717, 1.165) is 0 Å². The van der Waals surface area contributed by atoms with Crippen LogP contribution in [-0.2, 0) is 10.0 Å². The van der Waals surface area contributed by atoms with E-state index >= 15 is 0 Å². The van der Waals surface area contributed by atoms with E-state index in [1.165, 1.54) is 31.4 Å². The summed E-state index contributed by atoms with van der Waals surface area (Å²) in [6, 6.07) is 14.0. The number of hydrogen-bond acceptors (Lipinski definition) is 6. The number of amides is 2. The zero-order chi connectivity index (χ0) is 21.7. The Morgan fingerprint density at radius 3 is 2.20 bits per heavy atom. The lowest BCUT2D eigenvalue weighted by molar-refractivity contribution is 0.262. The van der Waals surface area contributed by atoms with Crippen molar-refractivity contribution >= 4 is 33.4 Å². The summed E-state index contributed by atoms with van der Waals surface area (Å²) in [5.41, 5.74) is 2.24. The fourth-order valence-corrected chi connectivity index (χ4v) is 3.64. The second kappa shape index (κ2) is 8.78. The van der Waals surface area contributed by atoms with Gasteiger partial charge >= 0.3 is 6.03 Å². The van der Waals surface area contributed by atoms with Crippen LogP contribution in [0, 0.1) is 13.8 Å². The summed E-state index contributed by atoms with van der Waals surface area (Å²) < 4.78 is 32.7. The number of aryl methyl sites for hydroxylation is 2. The molecule has 156 valence electrons. The Labute approximate surface area is 174 Å². The Morgan fingerprint density at radius 1 is 0.933 bits per heavy atom. The van der Waals surface area contributed by atoms with E-state index in [0.29, 0.717) is 28.5 Å². The standard InChI is InChI=1S/C20H21N5O4S/c1-13-12-14(2)22-19(21-13)25-30(27,28)16-10-8-15(9-11-16)23-20(26)24-17-6-4-5-7-18(17)29-3/h4-12H,1-3H3,(H,21,22,25)(H2,23,24,26). The summed E-state index contributed by atoms with van der Waals surface area (Å²) in [5.74, 6) is 0.527. The van der Waals surface area contributed by atoms with Gasteiger partial charge in [-0.3, -0.25) is 0 Å². The second-order valence-electron chi connectivity index (χ2n) is 6.38. The van der Waals surface area contributed by atoms with Gasteiger partial charge in [-0.25, -0.2) is 27.9 Å². The summed E-state index contributed by atoms with van der Waals surface area (Å²) >= 11 is 0. The van der Waals surface area contributed by atoms with Gasteiger partial charge in [-0.05, 0) is 56.3 Å².